The smallest absolute Gasteiger partial charge is 0.255 e. The number of carbonyl (C=O) groups excluding carboxylic acids is 1. The number of nitrogens with one attached hydrogen (secondary N) is 1. The lowest BCUT2D eigenvalue weighted by atomic mass is 10.1. The van der Waals surface area contributed by atoms with Crippen molar-refractivity contribution in [2.24, 2.45) is 0 Å². The summed E-state index contributed by atoms with van der Waals surface area (Å²) in [5.41, 5.74) is 3.84. The molecule has 2 aromatic carbocycles. The number of hydrogen-bond acceptors (Lipinski definition) is 2. The highest BCUT2D eigenvalue weighted by Crippen LogP contribution is 2.26. The highest BCUT2D eigenvalue weighted by atomic mass is 79.9. The standard InChI is InChI=1S/C17H16BrNO2/c18-9-7-12-1-4-15(5-2-12)19-17(20)14-3-6-16-13(11-14)8-10-21-16/h1-6,11H,7-10H2,(H,19,20). The Kier molecular flexibility index (Phi) is 4.25. The first-order chi connectivity index (χ1) is 10.3. The van der Waals surface area contributed by atoms with Crippen molar-refractivity contribution in [1.29, 1.82) is 0 Å². The first-order valence-corrected chi connectivity index (χ1v) is 8.10. The Labute approximate surface area is 132 Å². The van der Waals surface area contributed by atoms with E-state index < -0.39 is 0 Å². The van der Waals surface area contributed by atoms with Crippen LogP contribution in [0.25, 0.3) is 0 Å². The van der Waals surface area contributed by atoms with Crippen molar-refractivity contribution in [1.82, 2.24) is 0 Å². The second-order valence-electron chi connectivity index (χ2n) is 5.01. The molecule has 2 aromatic rings. The minimum absolute atomic E-state index is 0.0852. The first kappa shape index (κ1) is 14.1. The average Bonchev–Trinajstić information content (AvgIpc) is 2.97. The number of halogens is 1. The van der Waals surface area contributed by atoms with E-state index in [-0.39, 0.29) is 5.91 Å². The number of anilines is 1. The summed E-state index contributed by atoms with van der Waals surface area (Å²) < 4.78 is 5.45. The van der Waals surface area contributed by atoms with Gasteiger partial charge in [0.15, 0.2) is 0 Å². The second-order valence-corrected chi connectivity index (χ2v) is 5.80. The maximum absolute atomic E-state index is 12.3. The van der Waals surface area contributed by atoms with Crippen molar-refractivity contribution in [2.75, 3.05) is 17.3 Å². The van der Waals surface area contributed by atoms with E-state index in [9.17, 15) is 4.79 Å². The van der Waals surface area contributed by atoms with Gasteiger partial charge in [0.05, 0.1) is 6.61 Å². The molecule has 0 saturated heterocycles. The van der Waals surface area contributed by atoms with Gasteiger partial charge in [0.25, 0.3) is 5.91 Å². The molecule has 3 nitrogen and oxygen atoms in total. The third-order valence-electron chi connectivity index (χ3n) is 3.55. The minimum atomic E-state index is -0.0852. The largest absolute Gasteiger partial charge is 0.493 e. The first-order valence-electron chi connectivity index (χ1n) is 6.98. The fraction of sp³-hybridized carbons (Fsp3) is 0.235. The Hall–Kier alpha value is -1.81. The van der Waals surface area contributed by atoms with Crippen molar-refractivity contribution in [3.8, 4) is 5.75 Å². The summed E-state index contributed by atoms with van der Waals surface area (Å²) in [7, 11) is 0. The summed E-state index contributed by atoms with van der Waals surface area (Å²) in [5.74, 6) is 0.809. The van der Waals surface area contributed by atoms with E-state index in [0.717, 1.165) is 35.2 Å². The summed E-state index contributed by atoms with van der Waals surface area (Å²) in [6.45, 7) is 0.704. The van der Waals surface area contributed by atoms with Crippen molar-refractivity contribution >= 4 is 27.5 Å². The number of rotatable bonds is 4. The van der Waals surface area contributed by atoms with Gasteiger partial charge in [0.2, 0.25) is 0 Å². The van der Waals surface area contributed by atoms with Gasteiger partial charge in [0, 0.05) is 23.0 Å². The fourth-order valence-corrected chi connectivity index (χ4v) is 2.85. The highest BCUT2D eigenvalue weighted by molar-refractivity contribution is 9.09. The predicted molar refractivity (Wildman–Crippen MR) is 87.5 cm³/mol. The Morgan fingerprint density at radius 3 is 2.76 bits per heavy atom. The van der Waals surface area contributed by atoms with Gasteiger partial charge in [-0.05, 0) is 47.9 Å². The van der Waals surface area contributed by atoms with Crippen molar-refractivity contribution in [2.45, 2.75) is 12.8 Å². The molecule has 1 amide bonds. The third kappa shape index (κ3) is 3.27. The second kappa shape index (κ2) is 6.31. The van der Waals surface area contributed by atoms with Crippen LogP contribution < -0.4 is 10.1 Å². The van der Waals surface area contributed by atoms with Gasteiger partial charge in [-0.15, -0.1) is 0 Å². The topological polar surface area (TPSA) is 38.3 Å². The molecule has 3 rings (SSSR count). The zero-order valence-electron chi connectivity index (χ0n) is 11.6. The van der Waals surface area contributed by atoms with Crippen LogP contribution in [0.1, 0.15) is 21.5 Å². The molecule has 21 heavy (non-hydrogen) atoms. The van der Waals surface area contributed by atoms with Crippen LogP contribution in [0.3, 0.4) is 0 Å². The molecule has 0 radical (unpaired) electrons. The van der Waals surface area contributed by atoms with Crippen molar-refractivity contribution in [3.63, 3.8) is 0 Å². The van der Waals surface area contributed by atoms with Crippen LogP contribution >= 0.6 is 15.9 Å². The normalized spacial score (nSPS) is 12.6. The third-order valence-corrected chi connectivity index (χ3v) is 3.94. The maximum Gasteiger partial charge on any atom is 0.255 e. The predicted octanol–water partition coefficient (Wildman–Crippen LogP) is 3.81. The number of hydrogen-bond donors (Lipinski definition) is 1. The summed E-state index contributed by atoms with van der Waals surface area (Å²) in [5, 5.41) is 3.87. The van der Waals surface area contributed by atoms with Crippen molar-refractivity contribution in [3.05, 3.63) is 59.2 Å². The fourth-order valence-electron chi connectivity index (χ4n) is 2.39. The van der Waals surface area contributed by atoms with Gasteiger partial charge >= 0.3 is 0 Å². The molecule has 0 aliphatic carbocycles. The van der Waals surface area contributed by atoms with E-state index in [1.807, 2.05) is 36.4 Å². The maximum atomic E-state index is 12.3. The van der Waals surface area contributed by atoms with E-state index in [4.69, 9.17) is 4.74 Å². The number of alkyl halides is 1. The zero-order chi connectivity index (χ0) is 14.7. The summed E-state index contributed by atoms with van der Waals surface area (Å²) in [4.78, 5) is 12.3. The minimum Gasteiger partial charge on any atom is -0.493 e. The van der Waals surface area contributed by atoms with E-state index >= 15 is 0 Å². The molecule has 0 unspecified atom stereocenters. The summed E-state index contributed by atoms with van der Waals surface area (Å²) in [6, 6.07) is 13.5. The molecule has 4 heteroatoms. The molecule has 1 aliphatic rings. The van der Waals surface area contributed by atoms with Crippen molar-refractivity contribution < 1.29 is 9.53 Å². The Morgan fingerprint density at radius 1 is 1.19 bits per heavy atom. The van der Waals surface area contributed by atoms with Gasteiger partial charge in [-0.2, -0.15) is 0 Å². The van der Waals surface area contributed by atoms with Crippen LogP contribution in [0.4, 0.5) is 5.69 Å². The molecule has 0 bridgehead atoms. The Morgan fingerprint density at radius 2 is 2.00 bits per heavy atom. The van der Waals surface area contributed by atoms with Gasteiger partial charge < -0.3 is 10.1 Å². The molecular weight excluding hydrogens is 330 g/mol. The van der Waals surface area contributed by atoms with E-state index in [1.165, 1.54) is 5.56 Å². The quantitative estimate of drug-likeness (QED) is 0.855. The molecule has 0 atom stereocenters. The lowest BCUT2D eigenvalue weighted by molar-refractivity contribution is 0.102. The molecule has 1 heterocycles. The molecule has 0 fully saturated rings. The number of ether oxygens (including phenoxy) is 1. The summed E-state index contributed by atoms with van der Waals surface area (Å²) in [6.07, 6.45) is 1.86. The van der Waals surface area contributed by atoms with E-state index in [0.29, 0.717) is 12.2 Å². The van der Waals surface area contributed by atoms with Crippen LogP contribution in [0, 0.1) is 0 Å². The molecule has 0 spiro atoms. The number of benzene rings is 2. The lowest BCUT2D eigenvalue weighted by Crippen LogP contribution is -2.12. The van der Waals surface area contributed by atoms with E-state index in [2.05, 4.69) is 21.2 Å². The number of amides is 1. The number of carbonyl (C=O) groups is 1. The molecule has 108 valence electrons. The summed E-state index contributed by atoms with van der Waals surface area (Å²) >= 11 is 3.42. The highest BCUT2D eigenvalue weighted by Gasteiger charge is 2.15. The molecule has 1 aliphatic heterocycles. The molecule has 0 saturated carbocycles. The van der Waals surface area contributed by atoms with Gasteiger partial charge in [-0.1, -0.05) is 28.1 Å². The monoisotopic (exact) mass is 345 g/mol. The van der Waals surface area contributed by atoms with E-state index in [1.54, 1.807) is 6.07 Å². The van der Waals surface area contributed by atoms with Crippen LogP contribution in [0.2, 0.25) is 0 Å². The number of aryl methyl sites for hydroxylation is 1. The zero-order valence-corrected chi connectivity index (χ0v) is 13.2. The van der Waals surface area contributed by atoms with Gasteiger partial charge in [-0.25, -0.2) is 0 Å². The van der Waals surface area contributed by atoms with Crippen LogP contribution in [0.5, 0.6) is 5.75 Å². The Bertz CT molecular complexity index is 652. The van der Waals surface area contributed by atoms with Gasteiger partial charge in [0.1, 0.15) is 5.75 Å². The van der Waals surface area contributed by atoms with Crippen LogP contribution in [0.15, 0.2) is 42.5 Å². The molecule has 1 N–H and O–H groups in total. The SMILES string of the molecule is O=C(Nc1ccc(CCBr)cc1)c1ccc2c(c1)CCO2. The Balaban J connectivity index is 1.71. The lowest BCUT2D eigenvalue weighted by Gasteiger charge is -2.07. The molecular formula is C17H16BrNO2. The number of fused-ring (bicyclic) bond motifs is 1. The average molecular weight is 346 g/mol. The molecule has 0 aromatic heterocycles. The van der Waals surface area contributed by atoms with Crippen LogP contribution in [-0.4, -0.2) is 17.8 Å². The van der Waals surface area contributed by atoms with Gasteiger partial charge in [-0.3, -0.25) is 4.79 Å². The van der Waals surface area contributed by atoms with Crippen LogP contribution in [-0.2, 0) is 12.8 Å².